The number of urea groups is 1. The highest BCUT2D eigenvalue weighted by Gasteiger charge is 2.19. The average Bonchev–Trinajstić information content (AvgIpc) is 2.79. The molecule has 0 aromatic heterocycles. The van der Waals surface area contributed by atoms with Crippen LogP contribution < -0.4 is 19.7 Å². The summed E-state index contributed by atoms with van der Waals surface area (Å²) >= 11 is 0. The largest absolute Gasteiger partial charge is 0.494 e. The second-order valence-corrected chi connectivity index (χ2v) is 8.63. The summed E-state index contributed by atoms with van der Waals surface area (Å²) in [7, 11) is -3.91. The molecule has 10 heteroatoms. The van der Waals surface area contributed by atoms with Gasteiger partial charge in [-0.2, -0.15) is 0 Å². The summed E-state index contributed by atoms with van der Waals surface area (Å²) in [5, 5.41) is 2.73. The standard InChI is InChI=1S/C23H23F2N3O4S/c1-2-32-21-11-7-19(8-12-21)27-23(29)28(20-9-3-17(24)4-10-20)16-15-26-33(30,31)22-13-5-18(25)6-14-22/h3-14,26H,2,15-16H2,1H3,(H,27,29). The lowest BCUT2D eigenvalue weighted by molar-refractivity contribution is 0.257. The molecule has 0 radical (unpaired) electrons. The van der Waals surface area contributed by atoms with Gasteiger partial charge >= 0.3 is 6.03 Å². The Morgan fingerprint density at radius 2 is 1.48 bits per heavy atom. The zero-order valence-corrected chi connectivity index (χ0v) is 18.6. The molecule has 33 heavy (non-hydrogen) atoms. The molecule has 0 aliphatic rings. The predicted octanol–water partition coefficient (Wildman–Crippen LogP) is 4.38. The number of anilines is 2. The van der Waals surface area contributed by atoms with Crippen LogP contribution in [-0.2, 0) is 10.0 Å². The minimum atomic E-state index is -3.91. The van der Waals surface area contributed by atoms with Crippen molar-refractivity contribution in [2.45, 2.75) is 11.8 Å². The van der Waals surface area contributed by atoms with E-state index in [1.165, 1.54) is 29.2 Å². The van der Waals surface area contributed by atoms with Gasteiger partial charge in [-0.3, -0.25) is 4.90 Å². The second kappa shape index (κ2) is 10.9. The first kappa shape index (κ1) is 24.1. The van der Waals surface area contributed by atoms with Crippen LogP contribution in [0.4, 0.5) is 25.0 Å². The normalized spacial score (nSPS) is 11.1. The number of amides is 2. The Bertz CT molecular complexity index is 1170. The number of nitrogens with zero attached hydrogens (tertiary/aromatic N) is 1. The monoisotopic (exact) mass is 475 g/mol. The quantitative estimate of drug-likeness (QED) is 0.481. The van der Waals surface area contributed by atoms with E-state index in [2.05, 4.69) is 10.0 Å². The molecule has 3 rings (SSSR count). The molecule has 0 saturated heterocycles. The lowest BCUT2D eigenvalue weighted by Crippen LogP contribution is -2.41. The van der Waals surface area contributed by atoms with E-state index < -0.39 is 27.7 Å². The first-order chi connectivity index (χ1) is 15.8. The average molecular weight is 476 g/mol. The summed E-state index contributed by atoms with van der Waals surface area (Å²) in [5.41, 5.74) is 0.878. The molecule has 0 aliphatic carbocycles. The molecule has 0 unspecified atom stereocenters. The maximum atomic E-state index is 13.4. The van der Waals surface area contributed by atoms with E-state index in [9.17, 15) is 22.0 Å². The number of rotatable bonds is 9. The van der Waals surface area contributed by atoms with Gasteiger partial charge in [0.15, 0.2) is 0 Å². The fourth-order valence-corrected chi connectivity index (χ4v) is 3.97. The fraction of sp³-hybridized carbons (Fsp3) is 0.174. The van der Waals surface area contributed by atoms with Gasteiger partial charge in [-0.15, -0.1) is 0 Å². The zero-order chi connectivity index (χ0) is 23.8. The number of ether oxygens (including phenoxy) is 1. The Kier molecular flexibility index (Phi) is 7.96. The molecule has 7 nitrogen and oxygen atoms in total. The number of halogens is 2. The molecule has 2 amide bonds. The molecule has 0 atom stereocenters. The Labute approximate surface area is 191 Å². The third-order valence-corrected chi connectivity index (χ3v) is 6.03. The van der Waals surface area contributed by atoms with E-state index in [1.807, 2.05) is 6.92 Å². The van der Waals surface area contributed by atoms with Gasteiger partial charge in [-0.25, -0.2) is 26.7 Å². The van der Waals surface area contributed by atoms with Gasteiger partial charge in [0.25, 0.3) is 0 Å². The van der Waals surface area contributed by atoms with Crippen molar-refractivity contribution in [2.24, 2.45) is 0 Å². The zero-order valence-electron chi connectivity index (χ0n) is 17.8. The summed E-state index contributed by atoms with van der Waals surface area (Å²) in [6.07, 6.45) is 0. The minimum Gasteiger partial charge on any atom is -0.494 e. The Hall–Kier alpha value is -3.50. The van der Waals surface area contributed by atoms with E-state index >= 15 is 0 Å². The Balaban J connectivity index is 1.72. The smallest absolute Gasteiger partial charge is 0.326 e. The van der Waals surface area contributed by atoms with Crippen molar-refractivity contribution >= 4 is 27.4 Å². The molecule has 0 bridgehead atoms. The fourth-order valence-electron chi connectivity index (χ4n) is 2.95. The van der Waals surface area contributed by atoms with Crippen LogP contribution in [0.25, 0.3) is 0 Å². The van der Waals surface area contributed by atoms with E-state index in [-0.39, 0.29) is 18.0 Å². The third kappa shape index (κ3) is 6.74. The molecule has 0 aliphatic heterocycles. The van der Waals surface area contributed by atoms with Crippen LogP contribution in [0.2, 0.25) is 0 Å². The van der Waals surface area contributed by atoms with Crippen LogP contribution in [0, 0.1) is 11.6 Å². The lowest BCUT2D eigenvalue weighted by Gasteiger charge is -2.23. The highest BCUT2D eigenvalue weighted by molar-refractivity contribution is 7.89. The summed E-state index contributed by atoms with van der Waals surface area (Å²) < 4.78 is 59.1. The number of benzene rings is 3. The Morgan fingerprint density at radius 3 is 2.06 bits per heavy atom. The van der Waals surface area contributed by atoms with E-state index in [0.29, 0.717) is 23.7 Å². The van der Waals surface area contributed by atoms with Gasteiger partial charge in [0.05, 0.1) is 11.5 Å². The lowest BCUT2D eigenvalue weighted by atomic mass is 10.2. The molecule has 0 saturated carbocycles. The van der Waals surface area contributed by atoms with Crippen molar-refractivity contribution in [1.29, 1.82) is 0 Å². The maximum absolute atomic E-state index is 13.4. The number of nitrogens with one attached hydrogen (secondary N) is 2. The second-order valence-electron chi connectivity index (χ2n) is 6.87. The number of hydrogen-bond acceptors (Lipinski definition) is 4. The summed E-state index contributed by atoms with van der Waals surface area (Å²) in [5.74, 6) is -0.369. The minimum absolute atomic E-state index is 0.0467. The van der Waals surface area contributed by atoms with Crippen LogP contribution in [0.5, 0.6) is 5.75 Å². The number of carbonyl (C=O) groups is 1. The van der Waals surface area contributed by atoms with Gasteiger partial charge < -0.3 is 10.1 Å². The number of hydrogen-bond donors (Lipinski definition) is 2. The predicted molar refractivity (Wildman–Crippen MR) is 122 cm³/mol. The van der Waals surface area contributed by atoms with Gasteiger partial charge in [-0.1, -0.05) is 0 Å². The molecule has 3 aromatic carbocycles. The third-order valence-electron chi connectivity index (χ3n) is 4.55. The molecule has 174 valence electrons. The topological polar surface area (TPSA) is 87.7 Å². The van der Waals surface area contributed by atoms with Crippen molar-refractivity contribution in [3.8, 4) is 5.75 Å². The molecular formula is C23H23F2N3O4S. The summed E-state index contributed by atoms with van der Waals surface area (Å²) in [6.45, 7) is 2.20. The number of sulfonamides is 1. The highest BCUT2D eigenvalue weighted by Crippen LogP contribution is 2.19. The molecule has 2 N–H and O–H groups in total. The van der Waals surface area contributed by atoms with Crippen molar-refractivity contribution in [1.82, 2.24) is 4.72 Å². The molecular weight excluding hydrogens is 452 g/mol. The van der Waals surface area contributed by atoms with E-state index in [4.69, 9.17) is 4.74 Å². The van der Waals surface area contributed by atoms with Gasteiger partial charge in [0, 0.05) is 24.5 Å². The van der Waals surface area contributed by atoms with Gasteiger partial charge in [0.1, 0.15) is 17.4 Å². The van der Waals surface area contributed by atoms with Crippen LogP contribution >= 0.6 is 0 Å². The van der Waals surface area contributed by atoms with Crippen LogP contribution in [0.15, 0.2) is 77.7 Å². The summed E-state index contributed by atoms with van der Waals surface area (Å²) in [6, 6.07) is 15.8. The van der Waals surface area contributed by atoms with Crippen molar-refractivity contribution in [2.75, 3.05) is 29.9 Å². The molecule has 0 fully saturated rings. The SMILES string of the molecule is CCOc1ccc(NC(=O)N(CCNS(=O)(=O)c2ccc(F)cc2)c2ccc(F)cc2)cc1. The van der Waals surface area contributed by atoms with Crippen LogP contribution in [0.1, 0.15) is 6.92 Å². The number of carbonyl (C=O) groups excluding carboxylic acids is 1. The summed E-state index contributed by atoms with van der Waals surface area (Å²) in [4.78, 5) is 14.1. The first-order valence-electron chi connectivity index (χ1n) is 10.1. The molecule has 0 heterocycles. The maximum Gasteiger partial charge on any atom is 0.326 e. The van der Waals surface area contributed by atoms with Crippen LogP contribution in [-0.4, -0.2) is 34.1 Å². The Morgan fingerprint density at radius 1 is 0.909 bits per heavy atom. The van der Waals surface area contributed by atoms with Crippen molar-refractivity contribution in [3.05, 3.63) is 84.4 Å². The van der Waals surface area contributed by atoms with E-state index in [0.717, 1.165) is 24.3 Å². The first-order valence-corrected chi connectivity index (χ1v) is 11.6. The highest BCUT2D eigenvalue weighted by atomic mass is 32.2. The molecule has 0 spiro atoms. The van der Waals surface area contributed by atoms with Crippen molar-refractivity contribution < 1.29 is 26.7 Å². The van der Waals surface area contributed by atoms with Crippen LogP contribution in [0.3, 0.4) is 0 Å². The molecule has 3 aromatic rings. The van der Waals surface area contributed by atoms with Crippen molar-refractivity contribution in [3.63, 3.8) is 0 Å². The van der Waals surface area contributed by atoms with Gasteiger partial charge in [-0.05, 0) is 79.7 Å². The van der Waals surface area contributed by atoms with E-state index in [1.54, 1.807) is 24.3 Å². The van der Waals surface area contributed by atoms with Gasteiger partial charge in [0.2, 0.25) is 10.0 Å².